The first-order valence-electron chi connectivity index (χ1n) is 9.52. The first-order chi connectivity index (χ1) is 13.9. The average molecular weight is 473 g/mol. The van der Waals surface area contributed by atoms with E-state index in [4.69, 9.17) is 14.2 Å². The van der Waals surface area contributed by atoms with Gasteiger partial charge in [0.2, 0.25) is 0 Å². The number of nitrogens with zero attached hydrogens (tertiary/aromatic N) is 1. The van der Waals surface area contributed by atoms with Crippen molar-refractivity contribution in [2.75, 3.05) is 6.61 Å². The molecule has 1 fully saturated rings. The van der Waals surface area contributed by atoms with Gasteiger partial charge in [-0.25, -0.2) is 4.79 Å². The highest BCUT2D eigenvalue weighted by Gasteiger charge is 2.40. The third kappa shape index (κ3) is 6.40. The van der Waals surface area contributed by atoms with Crippen LogP contribution in [0, 0.1) is 0 Å². The SMILES string of the molecule is CCCC(=O)OC[C@@H]1O[C@H](n2cc(/C=C/Br)c(=O)[nH]c2=O)CC1OC(=O)CCC. The van der Waals surface area contributed by atoms with Gasteiger partial charge in [0.25, 0.3) is 5.56 Å². The Morgan fingerprint density at radius 3 is 2.62 bits per heavy atom. The van der Waals surface area contributed by atoms with Gasteiger partial charge in [-0.3, -0.25) is 23.9 Å². The molecule has 1 saturated heterocycles. The van der Waals surface area contributed by atoms with E-state index in [1.54, 1.807) is 0 Å². The Hall–Kier alpha value is -2.20. The molecule has 10 heteroatoms. The Balaban J connectivity index is 2.22. The van der Waals surface area contributed by atoms with Crippen molar-refractivity contribution < 1.29 is 23.8 Å². The zero-order chi connectivity index (χ0) is 21.4. The van der Waals surface area contributed by atoms with Crippen molar-refractivity contribution in [3.8, 4) is 0 Å². The van der Waals surface area contributed by atoms with Gasteiger partial charge in [0, 0.05) is 25.5 Å². The number of rotatable bonds is 9. The van der Waals surface area contributed by atoms with Crippen LogP contribution < -0.4 is 11.2 Å². The van der Waals surface area contributed by atoms with Crippen molar-refractivity contribution in [3.05, 3.63) is 37.6 Å². The number of halogens is 1. The molecule has 0 spiro atoms. The fraction of sp³-hybridized carbons (Fsp3) is 0.579. The van der Waals surface area contributed by atoms with Crippen LogP contribution in [0.5, 0.6) is 0 Å². The largest absolute Gasteiger partial charge is 0.463 e. The summed E-state index contributed by atoms with van der Waals surface area (Å²) >= 11 is 3.10. The van der Waals surface area contributed by atoms with Gasteiger partial charge in [0.05, 0.1) is 5.56 Å². The molecule has 3 atom stereocenters. The lowest BCUT2D eigenvalue weighted by Gasteiger charge is -2.18. The van der Waals surface area contributed by atoms with Crippen LogP contribution in [0.1, 0.15) is 57.7 Å². The summed E-state index contributed by atoms with van der Waals surface area (Å²) in [6.07, 6.45) is 2.70. The van der Waals surface area contributed by atoms with Gasteiger partial charge in [-0.05, 0) is 23.9 Å². The molecular formula is C19H25BrN2O7. The standard InChI is InChI=1S/C19H25BrN2O7/c1-3-5-16(23)27-11-14-13(29-17(24)6-4-2)9-15(28-14)22-10-12(7-8-20)18(25)21-19(22)26/h7-8,10,13-15H,3-6,9,11H2,1-2H3,(H,21,25,26)/b8-7+/t13?,14-,15-/m0/s1. The van der Waals surface area contributed by atoms with E-state index in [1.165, 1.54) is 21.8 Å². The highest BCUT2D eigenvalue weighted by atomic mass is 79.9. The van der Waals surface area contributed by atoms with Crippen molar-refractivity contribution in [3.63, 3.8) is 0 Å². The highest BCUT2D eigenvalue weighted by molar-refractivity contribution is 9.11. The van der Waals surface area contributed by atoms with E-state index in [2.05, 4.69) is 20.9 Å². The second-order valence-corrected chi connectivity index (χ2v) is 7.15. The molecule has 1 aromatic heterocycles. The second kappa shape index (κ2) is 11.1. The van der Waals surface area contributed by atoms with E-state index in [-0.39, 0.29) is 43.4 Å². The summed E-state index contributed by atoms with van der Waals surface area (Å²) < 4.78 is 17.8. The van der Waals surface area contributed by atoms with Crippen molar-refractivity contribution >= 4 is 33.9 Å². The molecule has 2 rings (SSSR count). The summed E-state index contributed by atoms with van der Waals surface area (Å²) in [4.78, 5) is 51.5. The van der Waals surface area contributed by atoms with Crippen molar-refractivity contribution in [1.82, 2.24) is 9.55 Å². The maximum absolute atomic E-state index is 12.3. The van der Waals surface area contributed by atoms with E-state index in [0.717, 1.165) is 0 Å². The number of aromatic amines is 1. The predicted octanol–water partition coefficient (Wildman–Crippen LogP) is 2.24. The molecule has 1 aliphatic heterocycles. The zero-order valence-electron chi connectivity index (χ0n) is 16.4. The van der Waals surface area contributed by atoms with Gasteiger partial charge >= 0.3 is 17.6 Å². The molecule has 0 aliphatic carbocycles. The first-order valence-corrected chi connectivity index (χ1v) is 10.4. The van der Waals surface area contributed by atoms with E-state index in [0.29, 0.717) is 12.8 Å². The van der Waals surface area contributed by atoms with E-state index < -0.39 is 29.7 Å². The number of nitrogens with one attached hydrogen (secondary N) is 1. The van der Waals surface area contributed by atoms with E-state index in [9.17, 15) is 19.2 Å². The van der Waals surface area contributed by atoms with Gasteiger partial charge in [0.1, 0.15) is 25.0 Å². The second-order valence-electron chi connectivity index (χ2n) is 6.62. The van der Waals surface area contributed by atoms with Gasteiger partial charge < -0.3 is 14.2 Å². The third-order valence-electron chi connectivity index (χ3n) is 4.33. The van der Waals surface area contributed by atoms with Crippen LogP contribution in [-0.4, -0.2) is 40.3 Å². The summed E-state index contributed by atoms with van der Waals surface area (Å²) in [6.45, 7) is 3.63. The molecule has 0 saturated carbocycles. The molecule has 1 N–H and O–H groups in total. The van der Waals surface area contributed by atoms with Gasteiger partial charge in [0.15, 0.2) is 0 Å². The molecule has 9 nitrogen and oxygen atoms in total. The Morgan fingerprint density at radius 1 is 1.28 bits per heavy atom. The highest BCUT2D eigenvalue weighted by Crippen LogP contribution is 2.30. The minimum Gasteiger partial charge on any atom is -0.463 e. The summed E-state index contributed by atoms with van der Waals surface area (Å²) in [5, 5.41) is 0. The molecule has 0 radical (unpaired) electrons. The van der Waals surface area contributed by atoms with Gasteiger partial charge in [-0.15, -0.1) is 0 Å². The normalized spacial score (nSPS) is 21.4. The molecule has 0 amide bonds. The third-order valence-corrected chi connectivity index (χ3v) is 4.59. The molecular weight excluding hydrogens is 448 g/mol. The number of aromatic nitrogens is 2. The predicted molar refractivity (Wildman–Crippen MR) is 108 cm³/mol. The van der Waals surface area contributed by atoms with E-state index >= 15 is 0 Å². The smallest absolute Gasteiger partial charge is 0.330 e. The van der Waals surface area contributed by atoms with Gasteiger partial charge in [-0.2, -0.15) is 0 Å². The first kappa shape index (κ1) is 23.1. The Bertz CT molecular complexity index is 861. The van der Waals surface area contributed by atoms with Crippen LogP contribution in [0.3, 0.4) is 0 Å². The summed E-state index contributed by atoms with van der Waals surface area (Å²) in [5.41, 5.74) is -0.924. The maximum atomic E-state index is 12.3. The van der Waals surface area contributed by atoms with Crippen LogP contribution >= 0.6 is 15.9 Å². The number of esters is 2. The molecule has 1 aliphatic rings. The van der Waals surface area contributed by atoms with Crippen LogP contribution in [0.15, 0.2) is 20.8 Å². The zero-order valence-corrected chi connectivity index (χ0v) is 18.0. The lowest BCUT2D eigenvalue weighted by atomic mass is 10.2. The molecule has 160 valence electrons. The lowest BCUT2D eigenvalue weighted by Crippen LogP contribution is -2.33. The maximum Gasteiger partial charge on any atom is 0.330 e. The quantitative estimate of drug-likeness (QED) is 0.547. The van der Waals surface area contributed by atoms with Gasteiger partial charge in [-0.1, -0.05) is 29.8 Å². The Morgan fingerprint density at radius 2 is 1.97 bits per heavy atom. The van der Waals surface area contributed by atoms with Crippen molar-refractivity contribution in [2.24, 2.45) is 0 Å². The van der Waals surface area contributed by atoms with Crippen LogP contribution in [0.2, 0.25) is 0 Å². The summed E-state index contributed by atoms with van der Waals surface area (Å²) in [6, 6.07) is 0. The fourth-order valence-corrected chi connectivity index (χ4v) is 3.21. The van der Waals surface area contributed by atoms with E-state index in [1.807, 2.05) is 13.8 Å². The number of H-pyrrole nitrogens is 1. The monoisotopic (exact) mass is 472 g/mol. The number of hydrogen-bond donors (Lipinski definition) is 1. The van der Waals surface area contributed by atoms with Crippen LogP contribution in [-0.2, 0) is 23.8 Å². The number of carbonyl (C=O) groups excluding carboxylic acids is 2. The lowest BCUT2D eigenvalue weighted by molar-refractivity contribution is -0.158. The molecule has 29 heavy (non-hydrogen) atoms. The molecule has 2 heterocycles. The minimum atomic E-state index is -0.781. The number of carbonyl (C=O) groups is 2. The molecule has 0 bridgehead atoms. The fourth-order valence-electron chi connectivity index (χ4n) is 2.93. The number of ether oxygens (including phenoxy) is 3. The Kier molecular flexibility index (Phi) is 8.84. The number of hydrogen-bond acceptors (Lipinski definition) is 7. The Labute approximate surface area is 176 Å². The molecule has 1 unspecified atom stereocenters. The van der Waals surface area contributed by atoms with Crippen LogP contribution in [0.25, 0.3) is 6.08 Å². The summed E-state index contributed by atoms with van der Waals surface area (Å²) in [5.74, 6) is -0.757. The topological polar surface area (TPSA) is 117 Å². The summed E-state index contributed by atoms with van der Waals surface area (Å²) in [7, 11) is 0. The van der Waals surface area contributed by atoms with Crippen molar-refractivity contribution in [1.29, 1.82) is 0 Å². The van der Waals surface area contributed by atoms with Crippen molar-refractivity contribution in [2.45, 2.75) is 64.4 Å². The van der Waals surface area contributed by atoms with Crippen LogP contribution in [0.4, 0.5) is 0 Å². The minimum absolute atomic E-state index is 0.0916. The molecule has 1 aromatic rings. The average Bonchev–Trinajstić information content (AvgIpc) is 3.05. The molecule has 0 aromatic carbocycles.